The number of aryl methyl sites for hydroxylation is 1. The van der Waals surface area contributed by atoms with Crippen LogP contribution in [0.15, 0.2) is 42.5 Å². The summed E-state index contributed by atoms with van der Waals surface area (Å²) in [5.41, 5.74) is 5.46. The molecule has 0 spiro atoms. The number of hydrazine groups is 1. The molecule has 0 saturated heterocycles. The third-order valence-electron chi connectivity index (χ3n) is 3.09. The summed E-state index contributed by atoms with van der Waals surface area (Å²) in [6, 6.07) is 10.3. The second-order valence-corrected chi connectivity index (χ2v) is 5.05. The van der Waals surface area contributed by atoms with E-state index < -0.39 is 16.7 Å². The first-order valence-corrected chi connectivity index (χ1v) is 6.88. The molecule has 118 valence electrons. The van der Waals surface area contributed by atoms with E-state index in [1.54, 1.807) is 31.2 Å². The van der Waals surface area contributed by atoms with Gasteiger partial charge in [0.1, 0.15) is 0 Å². The van der Waals surface area contributed by atoms with E-state index in [4.69, 9.17) is 11.6 Å². The number of hydrogen-bond acceptors (Lipinski definition) is 4. The number of carbonyl (C=O) groups is 2. The molecule has 23 heavy (non-hydrogen) atoms. The Bertz CT molecular complexity index is 792. The number of nitrogens with one attached hydrogen (secondary N) is 2. The monoisotopic (exact) mass is 333 g/mol. The average Bonchev–Trinajstić information content (AvgIpc) is 2.52. The van der Waals surface area contributed by atoms with Gasteiger partial charge in [0.25, 0.3) is 17.5 Å². The number of nitro benzene ring substituents is 1. The molecule has 0 unspecified atom stereocenters. The number of nitrogens with zero attached hydrogens (tertiary/aromatic N) is 1. The van der Waals surface area contributed by atoms with Gasteiger partial charge in [0.05, 0.1) is 15.5 Å². The molecule has 0 heterocycles. The molecule has 2 rings (SSSR count). The van der Waals surface area contributed by atoms with Crippen molar-refractivity contribution < 1.29 is 14.5 Å². The summed E-state index contributed by atoms with van der Waals surface area (Å²) in [4.78, 5) is 34.0. The van der Waals surface area contributed by atoms with Crippen molar-refractivity contribution in [3.05, 3.63) is 74.3 Å². The van der Waals surface area contributed by atoms with Crippen LogP contribution in [0.3, 0.4) is 0 Å². The fourth-order valence-electron chi connectivity index (χ4n) is 1.88. The highest BCUT2D eigenvalue weighted by atomic mass is 35.5. The van der Waals surface area contributed by atoms with E-state index in [0.29, 0.717) is 5.56 Å². The van der Waals surface area contributed by atoms with Crippen molar-refractivity contribution in [2.75, 3.05) is 0 Å². The van der Waals surface area contributed by atoms with E-state index >= 15 is 0 Å². The largest absolute Gasteiger partial charge is 0.271 e. The number of carbonyl (C=O) groups excluding carboxylic acids is 2. The molecule has 7 nitrogen and oxygen atoms in total. The van der Waals surface area contributed by atoms with Crippen LogP contribution in [0.4, 0.5) is 5.69 Å². The lowest BCUT2D eigenvalue weighted by Crippen LogP contribution is -2.42. The van der Waals surface area contributed by atoms with Gasteiger partial charge >= 0.3 is 0 Å². The maximum absolute atomic E-state index is 12.0. The topological polar surface area (TPSA) is 101 Å². The molecule has 8 heteroatoms. The quantitative estimate of drug-likeness (QED) is 0.665. The van der Waals surface area contributed by atoms with Gasteiger partial charge in [0.15, 0.2) is 0 Å². The summed E-state index contributed by atoms with van der Waals surface area (Å²) in [5, 5.41) is 10.5. The van der Waals surface area contributed by atoms with Gasteiger partial charge in [-0.15, -0.1) is 0 Å². The summed E-state index contributed by atoms with van der Waals surface area (Å²) in [5.74, 6) is -1.15. The van der Waals surface area contributed by atoms with E-state index in [1.165, 1.54) is 6.07 Å². The third-order valence-corrected chi connectivity index (χ3v) is 3.40. The SMILES string of the molecule is Cc1ccccc1C(=O)NNC(=O)c1ccc([N+](=O)[O-])cc1Cl. The second-order valence-electron chi connectivity index (χ2n) is 4.64. The van der Waals surface area contributed by atoms with Crippen LogP contribution in [0, 0.1) is 17.0 Å². The Labute approximate surface area is 136 Å². The predicted octanol–water partition coefficient (Wildman–Crippen LogP) is 2.63. The van der Waals surface area contributed by atoms with Gasteiger partial charge in [-0.25, -0.2) is 0 Å². The van der Waals surface area contributed by atoms with E-state index in [2.05, 4.69) is 10.9 Å². The van der Waals surface area contributed by atoms with Crippen molar-refractivity contribution in [3.63, 3.8) is 0 Å². The Morgan fingerprint density at radius 1 is 1.04 bits per heavy atom. The highest BCUT2D eigenvalue weighted by molar-refractivity contribution is 6.34. The number of hydrogen-bond donors (Lipinski definition) is 2. The lowest BCUT2D eigenvalue weighted by atomic mass is 10.1. The van der Waals surface area contributed by atoms with Crippen molar-refractivity contribution in [2.24, 2.45) is 0 Å². The maximum Gasteiger partial charge on any atom is 0.271 e. The first-order valence-electron chi connectivity index (χ1n) is 6.50. The Morgan fingerprint density at radius 2 is 1.65 bits per heavy atom. The number of rotatable bonds is 3. The zero-order chi connectivity index (χ0) is 17.0. The Morgan fingerprint density at radius 3 is 2.22 bits per heavy atom. The summed E-state index contributed by atoms with van der Waals surface area (Å²) < 4.78 is 0. The second kappa shape index (κ2) is 6.89. The highest BCUT2D eigenvalue weighted by Crippen LogP contribution is 2.22. The molecule has 0 radical (unpaired) electrons. The molecular weight excluding hydrogens is 322 g/mol. The average molecular weight is 334 g/mol. The van der Waals surface area contributed by atoms with Crippen LogP contribution in [-0.4, -0.2) is 16.7 Å². The van der Waals surface area contributed by atoms with Crippen molar-refractivity contribution >= 4 is 29.1 Å². The lowest BCUT2D eigenvalue weighted by molar-refractivity contribution is -0.384. The summed E-state index contributed by atoms with van der Waals surface area (Å²) in [6.45, 7) is 1.77. The van der Waals surface area contributed by atoms with Crippen LogP contribution in [0.2, 0.25) is 5.02 Å². The van der Waals surface area contributed by atoms with Crippen LogP contribution in [-0.2, 0) is 0 Å². The molecule has 0 fully saturated rings. The lowest BCUT2D eigenvalue weighted by Gasteiger charge is -2.09. The van der Waals surface area contributed by atoms with Gasteiger partial charge in [-0.2, -0.15) is 0 Å². The normalized spacial score (nSPS) is 10.0. The van der Waals surface area contributed by atoms with Crippen molar-refractivity contribution in [2.45, 2.75) is 6.92 Å². The van der Waals surface area contributed by atoms with Crippen LogP contribution in [0.5, 0.6) is 0 Å². The Kier molecular flexibility index (Phi) is 4.92. The van der Waals surface area contributed by atoms with Crippen molar-refractivity contribution in [3.8, 4) is 0 Å². The Hall–Kier alpha value is -2.93. The molecule has 2 aromatic carbocycles. The predicted molar refractivity (Wildman–Crippen MR) is 84.2 cm³/mol. The molecule has 0 atom stereocenters. The molecule has 2 aromatic rings. The molecule has 0 aromatic heterocycles. The molecule has 0 aliphatic carbocycles. The number of benzene rings is 2. The standard InChI is InChI=1S/C15H12ClN3O4/c1-9-4-2-3-5-11(9)14(20)17-18-15(21)12-7-6-10(19(22)23)8-13(12)16/h2-8H,1H3,(H,17,20)(H,18,21). The number of non-ortho nitro benzene ring substituents is 1. The smallest absolute Gasteiger partial charge is 0.267 e. The van der Waals surface area contributed by atoms with Crippen LogP contribution in [0.25, 0.3) is 0 Å². The van der Waals surface area contributed by atoms with Gasteiger partial charge in [0, 0.05) is 17.7 Å². The summed E-state index contributed by atoms with van der Waals surface area (Å²) >= 11 is 5.85. The third kappa shape index (κ3) is 3.83. The van der Waals surface area contributed by atoms with Gasteiger partial charge < -0.3 is 0 Å². The Balaban J connectivity index is 2.07. The minimum Gasteiger partial charge on any atom is -0.267 e. The van der Waals surface area contributed by atoms with E-state index in [9.17, 15) is 19.7 Å². The van der Waals surface area contributed by atoms with Crippen LogP contribution in [0.1, 0.15) is 26.3 Å². The molecule has 2 N–H and O–H groups in total. The first-order chi connectivity index (χ1) is 10.9. The van der Waals surface area contributed by atoms with Crippen LogP contribution >= 0.6 is 11.6 Å². The fraction of sp³-hybridized carbons (Fsp3) is 0.0667. The highest BCUT2D eigenvalue weighted by Gasteiger charge is 2.16. The molecule has 2 amide bonds. The molecule has 0 bridgehead atoms. The number of amides is 2. The fourth-order valence-corrected chi connectivity index (χ4v) is 2.14. The van der Waals surface area contributed by atoms with E-state index in [0.717, 1.165) is 17.7 Å². The first kappa shape index (κ1) is 16.4. The van der Waals surface area contributed by atoms with Gasteiger partial charge in [-0.1, -0.05) is 29.8 Å². The summed E-state index contributed by atoms with van der Waals surface area (Å²) in [6.07, 6.45) is 0. The van der Waals surface area contributed by atoms with Gasteiger partial charge in [-0.05, 0) is 24.6 Å². The van der Waals surface area contributed by atoms with Crippen molar-refractivity contribution in [1.82, 2.24) is 10.9 Å². The van der Waals surface area contributed by atoms with Gasteiger partial charge in [-0.3, -0.25) is 30.6 Å². The minimum absolute atomic E-state index is 0.0161. The molecule has 0 aliphatic heterocycles. The molecule has 0 aliphatic rings. The number of halogens is 1. The van der Waals surface area contributed by atoms with E-state index in [1.807, 2.05) is 0 Å². The van der Waals surface area contributed by atoms with E-state index in [-0.39, 0.29) is 16.3 Å². The van der Waals surface area contributed by atoms with Crippen molar-refractivity contribution in [1.29, 1.82) is 0 Å². The molecular formula is C15H12ClN3O4. The zero-order valence-electron chi connectivity index (χ0n) is 12.0. The van der Waals surface area contributed by atoms with Crippen LogP contribution < -0.4 is 10.9 Å². The number of nitro groups is 1. The zero-order valence-corrected chi connectivity index (χ0v) is 12.8. The van der Waals surface area contributed by atoms with Gasteiger partial charge in [0.2, 0.25) is 0 Å². The summed E-state index contributed by atoms with van der Waals surface area (Å²) in [7, 11) is 0. The maximum atomic E-state index is 12.0. The molecule has 0 saturated carbocycles. The minimum atomic E-state index is -0.674.